The molecule has 1 aromatic carbocycles. The molecule has 7 atom stereocenters. The summed E-state index contributed by atoms with van der Waals surface area (Å²) in [5, 5.41) is 10.3. The highest BCUT2D eigenvalue weighted by Gasteiger charge is 2.72. The molecule has 1 N–H and O–H groups in total. The molecule has 4 aliphatic heterocycles. The molecule has 0 radical (unpaired) electrons. The monoisotopic (exact) mass is 538 g/mol. The van der Waals surface area contributed by atoms with Gasteiger partial charge in [0.05, 0.1) is 35.8 Å². The molecular formula is C30H38N2O5S. The Balaban J connectivity index is 1.68. The van der Waals surface area contributed by atoms with Crippen molar-refractivity contribution in [3.05, 3.63) is 53.6 Å². The molecule has 2 amide bonds. The van der Waals surface area contributed by atoms with Gasteiger partial charge in [-0.3, -0.25) is 14.4 Å². The van der Waals surface area contributed by atoms with Gasteiger partial charge in [-0.25, -0.2) is 0 Å². The number of ether oxygens (including phenoxy) is 1. The number of aryl methyl sites for hydroxylation is 2. The van der Waals surface area contributed by atoms with Gasteiger partial charge in [0.2, 0.25) is 5.91 Å². The van der Waals surface area contributed by atoms with Crippen molar-refractivity contribution in [1.29, 1.82) is 0 Å². The minimum atomic E-state index is -0.932. The van der Waals surface area contributed by atoms with Crippen LogP contribution in [0.5, 0.6) is 0 Å². The molecule has 0 aliphatic carbocycles. The quantitative estimate of drug-likeness (QED) is 0.453. The van der Waals surface area contributed by atoms with Crippen molar-refractivity contribution in [2.45, 2.75) is 69.0 Å². The number of rotatable bonds is 5. The molecule has 5 rings (SSSR count). The number of amides is 2. The van der Waals surface area contributed by atoms with Gasteiger partial charge < -0.3 is 19.6 Å². The smallest absolute Gasteiger partial charge is 0.311 e. The van der Waals surface area contributed by atoms with Gasteiger partial charge in [-0.15, -0.1) is 11.8 Å². The number of cyclic esters (lactones) is 1. The van der Waals surface area contributed by atoms with Crippen LogP contribution in [0.2, 0.25) is 0 Å². The van der Waals surface area contributed by atoms with Gasteiger partial charge in [0, 0.05) is 17.5 Å². The highest BCUT2D eigenvalue weighted by Crippen LogP contribution is 2.61. The molecule has 2 saturated heterocycles. The van der Waals surface area contributed by atoms with Crippen molar-refractivity contribution in [3.8, 4) is 0 Å². The Morgan fingerprint density at radius 2 is 1.89 bits per heavy atom. The van der Waals surface area contributed by atoms with Gasteiger partial charge in [-0.2, -0.15) is 0 Å². The summed E-state index contributed by atoms with van der Waals surface area (Å²) >= 11 is 1.54. The lowest BCUT2D eigenvalue weighted by atomic mass is 9.78. The molecule has 1 unspecified atom stereocenters. The average molecular weight is 539 g/mol. The molecule has 1 spiro atoms. The van der Waals surface area contributed by atoms with Crippen molar-refractivity contribution in [1.82, 2.24) is 4.90 Å². The molecule has 1 aromatic rings. The molecule has 0 bridgehead atoms. The summed E-state index contributed by atoms with van der Waals surface area (Å²) in [5.41, 5.74) is 2.82. The van der Waals surface area contributed by atoms with Gasteiger partial charge in [0.1, 0.15) is 6.04 Å². The minimum absolute atomic E-state index is 0.0262. The normalized spacial score (nSPS) is 33.3. The van der Waals surface area contributed by atoms with Crippen LogP contribution < -0.4 is 4.90 Å². The molecule has 2 fully saturated rings. The number of aliphatic hydroxyl groups is 1. The number of benzene rings is 1. The summed E-state index contributed by atoms with van der Waals surface area (Å²) in [5.74, 6) is -2.22. The summed E-state index contributed by atoms with van der Waals surface area (Å²) in [4.78, 5) is 46.0. The van der Waals surface area contributed by atoms with E-state index in [4.69, 9.17) is 4.74 Å². The Bertz CT molecular complexity index is 1160. The van der Waals surface area contributed by atoms with Crippen LogP contribution in [-0.2, 0) is 19.1 Å². The van der Waals surface area contributed by atoms with Gasteiger partial charge in [0.15, 0.2) is 0 Å². The zero-order valence-corrected chi connectivity index (χ0v) is 23.4. The van der Waals surface area contributed by atoms with Crippen molar-refractivity contribution >= 4 is 35.2 Å². The lowest BCUT2D eigenvalue weighted by molar-refractivity contribution is -0.153. The SMILES string of the molecule is CC[C@H](C)[C@H](CO)N1C(=O)[C@@H]2[C@@H]3C(=O)OCCC/C=C\[C@@H]3S[C@@]23C=CCN(c2c(C)cccc2C)C(=O)C13. The minimum Gasteiger partial charge on any atom is -0.465 e. The third-order valence-corrected chi connectivity index (χ3v) is 10.6. The fraction of sp³-hybridized carbons (Fsp3) is 0.567. The predicted octanol–water partition coefficient (Wildman–Crippen LogP) is 3.80. The number of para-hydroxylation sites is 1. The second-order valence-corrected chi connectivity index (χ2v) is 12.5. The summed E-state index contributed by atoms with van der Waals surface area (Å²) in [6.07, 6.45) is 10.4. The number of carbonyl (C=O) groups excluding carboxylic acids is 3. The van der Waals surface area contributed by atoms with Gasteiger partial charge >= 0.3 is 5.97 Å². The van der Waals surface area contributed by atoms with Gasteiger partial charge in [-0.05, 0) is 43.7 Å². The highest BCUT2D eigenvalue weighted by atomic mass is 32.2. The Labute approximate surface area is 229 Å². The summed E-state index contributed by atoms with van der Waals surface area (Å²) in [6.45, 7) is 8.46. The van der Waals surface area contributed by atoms with E-state index < -0.39 is 28.7 Å². The Hall–Kier alpha value is -2.58. The maximum atomic E-state index is 14.7. The van der Waals surface area contributed by atoms with Crippen molar-refractivity contribution in [2.75, 3.05) is 24.7 Å². The van der Waals surface area contributed by atoms with E-state index in [9.17, 15) is 19.5 Å². The summed E-state index contributed by atoms with van der Waals surface area (Å²) in [7, 11) is 0. The summed E-state index contributed by atoms with van der Waals surface area (Å²) in [6, 6.07) is 4.59. The number of hydrogen-bond donors (Lipinski definition) is 1. The standard InChI is InChI=1S/C30H38N2O5S/c1-5-18(2)21(17-33)32-26-28(35)31(25-19(3)11-9-12-20(25)4)15-10-14-30(26)24(27(32)34)23-22(38-30)13-7-6-8-16-37-29(23)36/h7,9-14,18,21-24,26,33H,5-6,8,15-17H2,1-4H3/b13-7-/t18-,21-,22-,23+,24-,26?,30-/m0/s1. The third-order valence-electron chi connectivity index (χ3n) is 8.84. The van der Waals surface area contributed by atoms with Gasteiger partial charge in [-0.1, -0.05) is 62.8 Å². The average Bonchev–Trinajstić information content (AvgIpc) is 3.30. The molecule has 0 saturated carbocycles. The van der Waals surface area contributed by atoms with Gasteiger partial charge in [0.25, 0.3) is 5.91 Å². The van der Waals surface area contributed by atoms with E-state index in [1.165, 1.54) is 0 Å². The number of nitrogens with zero attached hydrogens (tertiary/aromatic N) is 2. The number of fused-ring (bicyclic) bond motifs is 2. The van der Waals surface area contributed by atoms with E-state index in [1.807, 2.05) is 64.1 Å². The molecule has 38 heavy (non-hydrogen) atoms. The zero-order valence-electron chi connectivity index (χ0n) is 22.6. The number of thioether (sulfide) groups is 1. The predicted molar refractivity (Wildman–Crippen MR) is 149 cm³/mol. The molecular weight excluding hydrogens is 500 g/mol. The third kappa shape index (κ3) is 4.11. The molecule has 204 valence electrons. The first-order chi connectivity index (χ1) is 18.3. The Morgan fingerprint density at radius 3 is 2.58 bits per heavy atom. The van der Waals surface area contributed by atoms with Crippen molar-refractivity contribution < 1.29 is 24.2 Å². The molecule has 7 nitrogen and oxygen atoms in total. The first-order valence-corrected chi connectivity index (χ1v) is 14.6. The number of hydrogen-bond acceptors (Lipinski definition) is 6. The van der Waals surface area contributed by atoms with Crippen molar-refractivity contribution in [2.24, 2.45) is 17.8 Å². The van der Waals surface area contributed by atoms with Crippen LogP contribution in [0.3, 0.4) is 0 Å². The number of aliphatic hydroxyl groups excluding tert-OH is 1. The highest BCUT2D eigenvalue weighted by molar-refractivity contribution is 8.02. The fourth-order valence-electron chi connectivity index (χ4n) is 6.80. The second kappa shape index (κ2) is 10.5. The largest absolute Gasteiger partial charge is 0.465 e. The number of anilines is 1. The van der Waals surface area contributed by atoms with E-state index >= 15 is 0 Å². The van der Waals surface area contributed by atoms with E-state index in [2.05, 4.69) is 6.08 Å². The van der Waals surface area contributed by atoms with Crippen molar-refractivity contribution in [3.63, 3.8) is 0 Å². The Morgan fingerprint density at radius 1 is 1.16 bits per heavy atom. The summed E-state index contributed by atoms with van der Waals surface area (Å²) < 4.78 is 4.72. The van der Waals surface area contributed by atoms with Crippen LogP contribution in [0.15, 0.2) is 42.5 Å². The molecule has 0 aromatic heterocycles. The van der Waals surface area contributed by atoms with Crippen LogP contribution in [0.4, 0.5) is 5.69 Å². The Kier molecular flexibility index (Phi) is 7.48. The van der Waals surface area contributed by atoms with Crippen LogP contribution >= 0.6 is 11.8 Å². The van der Waals surface area contributed by atoms with Crippen LogP contribution in [0, 0.1) is 31.6 Å². The van der Waals surface area contributed by atoms with E-state index in [0.29, 0.717) is 13.2 Å². The molecule has 4 heterocycles. The second-order valence-electron chi connectivity index (χ2n) is 11.1. The molecule has 4 aliphatic rings. The topological polar surface area (TPSA) is 87.2 Å². The van der Waals surface area contributed by atoms with E-state index in [-0.39, 0.29) is 35.6 Å². The van der Waals surface area contributed by atoms with Crippen LogP contribution in [0.25, 0.3) is 0 Å². The van der Waals surface area contributed by atoms with Crippen LogP contribution in [0.1, 0.15) is 44.2 Å². The van der Waals surface area contributed by atoms with Crippen LogP contribution in [-0.4, -0.2) is 69.6 Å². The number of allylic oxidation sites excluding steroid dienone is 1. The fourth-order valence-corrected chi connectivity index (χ4v) is 8.78. The maximum Gasteiger partial charge on any atom is 0.311 e. The lowest BCUT2D eigenvalue weighted by Gasteiger charge is -2.40. The number of likely N-dealkylation sites (tertiary alicyclic amines) is 1. The first-order valence-electron chi connectivity index (χ1n) is 13.8. The number of esters is 1. The van der Waals surface area contributed by atoms with E-state index in [1.54, 1.807) is 21.6 Å². The number of carbonyl (C=O) groups is 3. The molecule has 8 heteroatoms. The van der Waals surface area contributed by atoms with E-state index in [0.717, 1.165) is 36.1 Å². The first kappa shape index (κ1) is 27.0. The lowest BCUT2D eigenvalue weighted by Crippen LogP contribution is -2.58. The zero-order chi connectivity index (χ0) is 27.2. The maximum absolute atomic E-state index is 14.7.